The van der Waals surface area contributed by atoms with Gasteiger partial charge in [-0.05, 0) is 18.9 Å². The molecule has 0 aliphatic heterocycles. The predicted molar refractivity (Wildman–Crippen MR) is 92.9 cm³/mol. The van der Waals surface area contributed by atoms with E-state index >= 15 is 0 Å². The molecule has 7 nitrogen and oxygen atoms in total. The number of nitrogens with one attached hydrogen (secondary N) is 1. The summed E-state index contributed by atoms with van der Waals surface area (Å²) in [6.07, 6.45) is 6.15. The smallest absolute Gasteiger partial charge is 0.475 e. The van der Waals surface area contributed by atoms with Crippen LogP contribution in [-0.4, -0.2) is 42.0 Å². The van der Waals surface area contributed by atoms with Crippen molar-refractivity contribution in [3.8, 4) is 11.3 Å². The summed E-state index contributed by atoms with van der Waals surface area (Å²) in [4.78, 5) is 20.6. The molecule has 2 N–H and O–H groups in total. The number of aromatic amines is 1. The van der Waals surface area contributed by atoms with Crippen molar-refractivity contribution in [2.45, 2.75) is 32.0 Å². The zero-order valence-corrected chi connectivity index (χ0v) is 14.4. The number of aliphatic carboxylic acids is 1. The summed E-state index contributed by atoms with van der Waals surface area (Å²) in [5.74, 6) is -2.76. The number of carbonyl (C=O) groups is 1. The van der Waals surface area contributed by atoms with E-state index in [2.05, 4.69) is 33.6 Å². The fraction of sp³-hybridized carbons (Fsp3) is 0.294. The molecule has 0 saturated carbocycles. The predicted octanol–water partition coefficient (Wildman–Crippen LogP) is 3.98. The van der Waals surface area contributed by atoms with Crippen LogP contribution in [0, 0.1) is 0 Å². The third kappa shape index (κ3) is 4.93. The highest BCUT2D eigenvalue weighted by Gasteiger charge is 2.38. The first-order chi connectivity index (χ1) is 12.8. The lowest BCUT2D eigenvalue weighted by Crippen LogP contribution is -2.21. The average molecular weight is 381 g/mol. The zero-order chi connectivity index (χ0) is 20.0. The van der Waals surface area contributed by atoms with Crippen LogP contribution in [0.2, 0.25) is 0 Å². The van der Waals surface area contributed by atoms with E-state index < -0.39 is 12.1 Å². The first-order valence-corrected chi connectivity index (χ1v) is 8.01. The molecule has 0 spiro atoms. The molecule has 3 heterocycles. The van der Waals surface area contributed by atoms with E-state index in [9.17, 15) is 13.2 Å². The maximum absolute atomic E-state index is 10.6. The summed E-state index contributed by atoms with van der Waals surface area (Å²) >= 11 is 0. The minimum atomic E-state index is -5.08. The number of allylic oxidation sites excluding steroid dienone is 1. The molecule has 27 heavy (non-hydrogen) atoms. The van der Waals surface area contributed by atoms with Crippen LogP contribution in [0.3, 0.4) is 0 Å². The van der Waals surface area contributed by atoms with Crippen molar-refractivity contribution >= 4 is 17.0 Å². The maximum Gasteiger partial charge on any atom is 0.490 e. The number of fused-ring (bicyclic) bond motifs is 1. The Labute approximate surface area is 152 Å². The van der Waals surface area contributed by atoms with Crippen LogP contribution in [0.5, 0.6) is 0 Å². The highest BCUT2D eigenvalue weighted by atomic mass is 19.4. The Morgan fingerprint density at radius 1 is 1.44 bits per heavy atom. The van der Waals surface area contributed by atoms with Gasteiger partial charge in [0.25, 0.3) is 0 Å². The largest absolute Gasteiger partial charge is 0.490 e. The number of hydrogen-bond donors (Lipinski definition) is 2. The van der Waals surface area contributed by atoms with Crippen LogP contribution in [0.15, 0.2) is 43.6 Å². The zero-order valence-electron chi connectivity index (χ0n) is 14.4. The Kier molecular flexibility index (Phi) is 6.32. The van der Waals surface area contributed by atoms with Gasteiger partial charge in [0.15, 0.2) is 0 Å². The highest BCUT2D eigenvalue weighted by Crippen LogP contribution is 2.26. The van der Waals surface area contributed by atoms with Crippen molar-refractivity contribution in [2.24, 2.45) is 0 Å². The van der Waals surface area contributed by atoms with Gasteiger partial charge >= 0.3 is 12.1 Å². The summed E-state index contributed by atoms with van der Waals surface area (Å²) in [6, 6.07) is 2.34. The van der Waals surface area contributed by atoms with Crippen molar-refractivity contribution in [3.05, 3.63) is 43.6 Å². The van der Waals surface area contributed by atoms with Crippen molar-refractivity contribution in [3.63, 3.8) is 0 Å². The molecule has 3 rings (SSSR count). The lowest BCUT2D eigenvalue weighted by atomic mass is 10.1. The van der Waals surface area contributed by atoms with E-state index in [4.69, 9.17) is 9.90 Å². The molecule has 0 fully saturated rings. The molecule has 0 saturated heterocycles. The van der Waals surface area contributed by atoms with Crippen LogP contribution >= 0.6 is 0 Å². The van der Waals surface area contributed by atoms with Gasteiger partial charge in [0.2, 0.25) is 0 Å². The van der Waals surface area contributed by atoms with Gasteiger partial charge in [0.1, 0.15) is 12.0 Å². The van der Waals surface area contributed by atoms with Gasteiger partial charge in [-0.2, -0.15) is 18.3 Å². The number of alkyl halides is 3. The first kappa shape index (κ1) is 20.1. The van der Waals surface area contributed by atoms with E-state index in [1.54, 1.807) is 6.33 Å². The van der Waals surface area contributed by atoms with Crippen LogP contribution in [0.4, 0.5) is 13.2 Å². The number of aromatic nitrogens is 5. The summed E-state index contributed by atoms with van der Waals surface area (Å²) in [5, 5.41) is 12.6. The fourth-order valence-electron chi connectivity index (χ4n) is 2.42. The molecule has 10 heteroatoms. The number of rotatable bonds is 5. The standard InChI is InChI=1S/C15H17N5.C2HF3O2/c1-3-5-12(4-2)20-9-11(8-19-20)14-13-6-7-16-15(13)18-10-17-14;3-2(4,5)1(6)7/h3,6-10,12H,1,4-5H2,2H3,(H,16,17,18);(H,6,7). The van der Waals surface area contributed by atoms with Crippen LogP contribution in [0.25, 0.3) is 22.3 Å². The van der Waals surface area contributed by atoms with Gasteiger partial charge in [-0.3, -0.25) is 4.68 Å². The van der Waals surface area contributed by atoms with E-state index in [1.807, 2.05) is 35.4 Å². The fourth-order valence-corrected chi connectivity index (χ4v) is 2.42. The van der Waals surface area contributed by atoms with Crippen molar-refractivity contribution < 1.29 is 23.1 Å². The van der Waals surface area contributed by atoms with Crippen molar-refractivity contribution in [1.82, 2.24) is 24.7 Å². The molecular weight excluding hydrogens is 363 g/mol. The van der Waals surface area contributed by atoms with Crippen LogP contribution < -0.4 is 0 Å². The molecule has 0 bridgehead atoms. The second kappa shape index (κ2) is 8.47. The molecule has 3 aromatic heterocycles. The topological polar surface area (TPSA) is 96.7 Å². The Balaban J connectivity index is 0.000000321. The molecular formula is C17H18F3N5O2. The average Bonchev–Trinajstić information content (AvgIpc) is 3.28. The molecule has 0 aliphatic carbocycles. The minimum absolute atomic E-state index is 0.352. The second-order valence-electron chi connectivity index (χ2n) is 5.56. The summed E-state index contributed by atoms with van der Waals surface area (Å²) < 4.78 is 33.7. The van der Waals surface area contributed by atoms with E-state index in [1.165, 1.54) is 0 Å². The van der Waals surface area contributed by atoms with Gasteiger partial charge in [0, 0.05) is 23.3 Å². The number of carboxylic acids is 1. The molecule has 0 aromatic carbocycles. The van der Waals surface area contributed by atoms with Gasteiger partial charge in [0.05, 0.1) is 17.9 Å². The van der Waals surface area contributed by atoms with E-state index in [0.717, 1.165) is 35.1 Å². The summed E-state index contributed by atoms with van der Waals surface area (Å²) in [6.45, 7) is 5.96. The summed E-state index contributed by atoms with van der Waals surface area (Å²) in [7, 11) is 0. The number of carboxylic acid groups (broad SMARTS) is 1. The number of hydrogen-bond acceptors (Lipinski definition) is 4. The molecule has 0 aliphatic rings. The summed E-state index contributed by atoms with van der Waals surface area (Å²) in [5.41, 5.74) is 2.77. The Morgan fingerprint density at radius 2 is 2.15 bits per heavy atom. The normalized spacial score (nSPS) is 12.3. The van der Waals surface area contributed by atoms with Gasteiger partial charge in [-0.25, -0.2) is 14.8 Å². The Hall–Kier alpha value is -3.17. The Morgan fingerprint density at radius 3 is 2.74 bits per heavy atom. The molecule has 0 amide bonds. The number of halogens is 3. The number of nitrogens with zero attached hydrogens (tertiary/aromatic N) is 4. The highest BCUT2D eigenvalue weighted by molar-refractivity contribution is 5.89. The Bertz CT molecular complexity index is 917. The number of H-pyrrole nitrogens is 1. The third-order valence-electron chi connectivity index (χ3n) is 3.76. The third-order valence-corrected chi connectivity index (χ3v) is 3.76. The second-order valence-corrected chi connectivity index (χ2v) is 5.56. The van der Waals surface area contributed by atoms with E-state index in [0.29, 0.717) is 6.04 Å². The molecule has 0 radical (unpaired) electrons. The SMILES string of the molecule is C=CCC(CC)n1cc(-c2ncnc3[nH]ccc23)cn1.O=C(O)C(F)(F)F. The van der Waals surface area contributed by atoms with Crippen LogP contribution in [0.1, 0.15) is 25.8 Å². The molecule has 144 valence electrons. The van der Waals surface area contributed by atoms with Gasteiger partial charge in [-0.1, -0.05) is 13.0 Å². The van der Waals surface area contributed by atoms with Crippen molar-refractivity contribution in [1.29, 1.82) is 0 Å². The van der Waals surface area contributed by atoms with E-state index in [-0.39, 0.29) is 0 Å². The minimum Gasteiger partial charge on any atom is -0.475 e. The monoisotopic (exact) mass is 381 g/mol. The van der Waals surface area contributed by atoms with Crippen LogP contribution in [-0.2, 0) is 4.79 Å². The lowest BCUT2D eigenvalue weighted by molar-refractivity contribution is -0.192. The molecule has 3 aromatic rings. The first-order valence-electron chi connectivity index (χ1n) is 8.01. The maximum atomic E-state index is 10.6. The van der Waals surface area contributed by atoms with Gasteiger partial charge in [-0.15, -0.1) is 6.58 Å². The quantitative estimate of drug-likeness (QED) is 0.652. The molecule has 1 atom stereocenters. The van der Waals surface area contributed by atoms with Crippen molar-refractivity contribution in [2.75, 3.05) is 0 Å². The lowest BCUT2D eigenvalue weighted by Gasteiger charge is -2.12. The molecule has 1 unspecified atom stereocenters. The van der Waals surface area contributed by atoms with Gasteiger partial charge < -0.3 is 10.1 Å².